The van der Waals surface area contributed by atoms with E-state index in [9.17, 15) is 4.79 Å². The third-order valence-electron chi connectivity index (χ3n) is 4.21. The molecule has 1 amide bonds. The number of nitrogens with one attached hydrogen (secondary N) is 1. The Morgan fingerprint density at radius 3 is 2.56 bits per heavy atom. The number of anilines is 1. The largest absolute Gasteiger partial charge is 0.306 e. The molecule has 4 nitrogen and oxygen atoms in total. The Labute approximate surface area is 160 Å². The molecule has 1 N–H and O–H groups in total. The lowest BCUT2D eigenvalue weighted by Crippen LogP contribution is -2.14. The number of aromatic nitrogens is 2. The minimum Gasteiger partial charge on any atom is -0.306 e. The Kier molecular flexibility index (Phi) is 5.11. The summed E-state index contributed by atoms with van der Waals surface area (Å²) in [4.78, 5) is 14.7. The fraction of sp³-hybridized carbons (Fsp3) is 0.263. The lowest BCUT2D eigenvalue weighted by atomic mass is 10.1. The van der Waals surface area contributed by atoms with Gasteiger partial charge in [-0.25, -0.2) is 0 Å². The van der Waals surface area contributed by atoms with Gasteiger partial charge >= 0.3 is 0 Å². The van der Waals surface area contributed by atoms with Gasteiger partial charge in [0, 0.05) is 22.0 Å². The number of amides is 1. The number of halogens is 1. The van der Waals surface area contributed by atoms with Crippen LogP contribution in [0.25, 0.3) is 11.1 Å². The first-order chi connectivity index (χ1) is 11.9. The number of nitrogens with zero attached hydrogens (tertiary/aromatic N) is 2. The molecule has 3 aromatic rings. The van der Waals surface area contributed by atoms with Gasteiger partial charge in [0.2, 0.25) is 0 Å². The highest BCUT2D eigenvalue weighted by molar-refractivity contribution is 9.10. The quantitative estimate of drug-likeness (QED) is 0.622. The highest BCUT2D eigenvalue weighted by Gasteiger charge is 2.19. The molecule has 25 heavy (non-hydrogen) atoms. The molecule has 0 aliphatic rings. The molecule has 130 valence electrons. The Morgan fingerprint density at radius 1 is 1.28 bits per heavy atom. The molecule has 0 fully saturated rings. The lowest BCUT2D eigenvalue weighted by Gasteiger charge is -2.08. The third-order valence-corrected chi connectivity index (χ3v) is 5.83. The molecule has 0 spiro atoms. The fourth-order valence-electron chi connectivity index (χ4n) is 2.92. The summed E-state index contributed by atoms with van der Waals surface area (Å²) in [5.41, 5.74) is 4.09. The zero-order valence-electron chi connectivity index (χ0n) is 14.7. The fourth-order valence-corrected chi connectivity index (χ4v) is 4.19. The summed E-state index contributed by atoms with van der Waals surface area (Å²) in [5.74, 6) is 0.628. The Morgan fingerprint density at radius 2 is 1.96 bits per heavy atom. The van der Waals surface area contributed by atoms with Crippen LogP contribution in [0.15, 0.2) is 34.8 Å². The van der Waals surface area contributed by atoms with Crippen LogP contribution in [0.2, 0.25) is 0 Å². The summed E-state index contributed by atoms with van der Waals surface area (Å²) in [6.45, 7) is 6.12. The monoisotopic (exact) mass is 417 g/mol. The van der Waals surface area contributed by atoms with Crippen molar-refractivity contribution in [2.24, 2.45) is 7.05 Å². The number of carbonyl (C=O) groups excluding carboxylic acids is 1. The molecule has 0 saturated heterocycles. The molecular weight excluding hydrogens is 398 g/mol. The van der Waals surface area contributed by atoms with Crippen LogP contribution in [-0.4, -0.2) is 15.7 Å². The van der Waals surface area contributed by atoms with E-state index in [0.717, 1.165) is 32.6 Å². The molecule has 2 heterocycles. The number of hydrogen-bond acceptors (Lipinski definition) is 3. The van der Waals surface area contributed by atoms with E-state index in [1.54, 1.807) is 4.68 Å². The molecule has 1 aromatic carbocycles. The standard InChI is InChI=1S/C19H20BrN3OS/c1-5-13-10-16(25-12(13)3)19(24)21-18-17(11(2)22-23(18)4)14-6-8-15(20)9-7-14/h6-10H,5H2,1-4H3,(H,21,24). The van der Waals surface area contributed by atoms with Crippen molar-refractivity contribution < 1.29 is 4.79 Å². The van der Waals surface area contributed by atoms with Gasteiger partial charge in [0.1, 0.15) is 5.82 Å². The summed E-state index contributed by atoms with van der Waals surface area (Å²) < 4.78 is 2.75. The van der Waals surface area contributed by atoms with Crippen molar-refractivity contribution in [1.29, 1.82) is 0 Å². The van der Waals surface area contributed by atoms with Gasteiger partial charge in [-0.2, -0.15) is 5.10 Å². The third kappa shape index (κ3) is 3.55. The molecule has 2 aromatic heterocycles. The van der Waals surface area contributed by atoms with Crippen molar-refractivity contribution in [3.63, 3.8) is 0 Å². The second-order valence-electron chi connectivity index (χ2n) is 5.94. The van der Waals surface area contributed by atoms with Crippen LogP contribution in [-0.2, 0) is 13.5 Å². The predicted molar refractivity (Wildman–Crippen MR) is 107 cm³/mol. The number of carbonyl (C=O) groups is 1. The number of aryl methyl sites for hydroxylation is 4. The second kappa shape index (κ2) is 7.14. The van der Waals surface area contributed by atoms with E-state index in [2.05, 4.69) is 40.2 Å². The van der Waals surface area contributed by atoms with Gasteiger partial charge in [0.25, 0.3) is 5.91 Å². The van der Waals surface area contributed by atoms with Crippen molar-refractivity contribution >= 4 is 39.0 Å². The Bertz CT molecular complexity index is 925. The van der Waals surface area contributed by atoms with E-state index >= 15 is 0 Å². The van der Waals surface area contributed by atoms with Crippen molar-refractivity contribution in [3.8, 4) is 11.1 Å². The van der Waals surface area contributed by atoms with Crippen LogP contribution in [0.3, 0.4) is 0 Å². The summed E-state index contributed by atoms with van der Waals surface area (Å²) >= 11 is 4.99. The van der Waals surface area contributed by atoms with Crippen molar-refractivity contribution in [2.45, 2.75) is 27.2 Å². The summed E-state index contributed by atoms with van der Waals surface area (Å²) in [7, 11) is 1.85. The first kappa shape index (κ1) is 17.9. The van der Waals surface area contributed by atoms with E-state index in [4.69, 9.17) is 0 Å². The second-order valence-corrected chi connectivity index (χ2v) is 8.11. The van der Waals surface area contributed by atoms with Gasteiger partial charge in [-0.15, -0.1) is 11.3 Å². The van der Waals surface area contributed by atoms with Crippen LogP contribution in [0.4, 0.5) is 5.82 Å². The molecular formula is C19H20BrN3OS. The van der Waals surface area contributed by atoms with Crippen molar-refractivity contribution in [2.75, 3.05) is 5.32 Å². The molecule has 0 aliphatic heterocycles. The summed E-state index contributed by atoms with van der Waals surface area (Å²) in [5, 5.41) is 7.54. The van der Waals surface area contributed by atoms with Crippen LogP contribution in [0, 0.1) is 13.8 Å². The van der Waals surface area contributed by atoms with Crippen molar-refractivity contribution in [1.82, 2.24) is 9.78 Å². The maximum Gasteiger partial charge on any atom is 0.266 e. The summed E-state index contributed by atoms with van der Waals surface area (Å²) in [6.07, 6.45) is 0.935. The molecule has 3 rings (SSSR count). The Hall–Kier alpha value is -1.92. The predicted octanol–water partition coefficient (Wildman–Crippen LogP) is 5.34. The maximum absolute atomic E-state index is 12.7. The normalized spacial score (nSPS) is 10.9. The topological polar surface area (TPSA) is 46.9 Å². The molecule has 0 atom stereocenters. The number of hydrogen-bond donors (Lipinski definition) is 1. The van der Waals surface area contributed by atoms with Crippen LogP contribution in [0.5, 0.6) is 0 Å². The minimum atomic E-state index is -0.0887. The minimum absolute atomic E-state index is 0.0887. The zero-order valence-corrected chi connectivity index (χ0v) is 17.1. The molecule has 0 unspecified atom stereocenters. The molecule has 0 radical (unpaired) electrons. The van der Waals surface area contributed by atoms with E-state index in [0.29, 0.717) is 5.82 Å². The molecule has 0 aliphatic carbocycles. The van der Waals surface area contributed by atoms with E-state index in [1.807, 2.05) is 44.3 Å². The molecule has 6 heteroatoms. The SMILES string of the molecule is CCc1cc(C(=O)Nc2c(-c3ccc(Br)cc3)c(C)nn2C)sc1C. The van der Waals surface area contributed by atoms with Gasteiger partial charge in [0.05, 0.1) is 10.6 Å². The number of thiophene rings is 1. The molecule has 0 saturated carbocycles. The average Bonchev–Trinajstić information content (AvgIpc) is 3.08. The van der Waals surface area contributed by atoms with Crippen molar-refractivity contribution in [3.05, 3.63) is 55.8 Å². The number of benzene rings is 1. The first-order valence-corrected chi connectivity index (χ1v) is 9.71. The van der Waals surface area contributed by atoms with Crippen LogP contribution >= 0.6 is 27.3 Å². The summed E-state index contributed by atoms with van der Waals surface area (Å²) in [6, 6.07) is 10.0. The highest BCUT2D eigenvalue weighted by atomic mass is 79.9. The van der Waals surface area contributed by atoms with E-state index in [-0.39, 0.29) is 5.91 Å². The first-order valence-electron chi connectivity index (χ1n) is 8.11. The molecule has 0 bridgehead atoms. The lowest BCUT2D eigenvalue weighted by molar-refractivity contribution is 0.102. The van der Waals surface area contributed by atoms with E-state index in [1.165, 1.54) is 21.8 Å². The van der Waals surface area contributed by atoms with Gasteiger partial charge in [0.15, 0.2) is 0 Å². The van der Waals surface area contributed by atoms with Gasteiger partial charge in [-0.1, -0.05) is 35.0 Å². The smallest absolute Gasteiger partial charge is 0.266 e. The van der Waals surface area contributed by atoms with Gasteiger partial charge in [-0.05, 0) is 49.6 Å². The number of rotatable bonds is 4. The van der Waals surface area contributed by atoms with Crippen LogP contribution < -0.4 is 5.32 Å². The van der Waals surface area contributed by atoms with Gasteiger partial charge < -0.3 is 5.32 Å². The average molecular weight is 418 g/mol. The van der Waals surface area contributed by atoms with Gasteiger partial charge in [-0.3, -0.25) is 9.48 Å². The Balaban J connectivity index is 1.97. The van der Waals surface area contributed by atoms with E-state index < -0.39 is 0 Å². The highest BCUT2D eigenvalue weighted by Crippen LogP contribution is 2.32. The zero-order chi connectivity index (χ0) is 18.1. The van der Waals surface area contributed by atoms with Crippen LogP contribution in [0.1, 0.15) is 32.7 Å². The maximum atomic E-state index is 12.7.